The van der Waals surface area contributed by atoms with Gasteiger partial charge in [0.2, 0.25) is 0 Å². The van der Waals surface area contributed by atoms with E-state index in [2.05, 4.69) is 32.3 Å². The number of pyridine rings is 1. The second-order valence-electron chi connectivity index (χ2n) is 5.04. The molecule has 0 spiro atoms. The fourth-order valence-electron chi connectivity index (χ4n) is 2.76. The SMILES string of the molecule is COc1cccc2c1CCC2Nc1ncc([N+](=O)[O-])cc1Br. The number of ether oxygens (including phenoxy) is 1. The van der Waals surface area contributed by atoms with Crippen molar-refractivity contribution in [1.29, 1.82) is 0 Å². The number of nitrogens with zero attached hydrogens (tertiary/aromatic N) is 2. The molecule has 0 saturated heterocycles. The summed E-state index contributed by atoms with van der Waals surface area (Å²) in [4.78, 5) is 14.4. The lowest BCUT2D eigenvalue weighted by Crippen LogP contribution is -2.09. The van der Waals surface area contributed by atoms with Crippen molar-refractivity contribution in [2.45, 2.75) is 18.9 Å². The summed E-state index contributed by atoms with van der Waals surface area (Å²) < 4.78 is 5.98. The van der Waals surface area contributed by atoms with E-state index in [0.717, 1.165) is 18.6 Å². The molecule has 1 atom stereocenters. The van der Waals surface area contributed by atoms with Crippen molar-refractivity contribution in [3.63, 3.8) is 0 Å². The highest BCUT2D eigenvalue weighted by Crippen LogP contribution is 2.39. The molecule has 114 valence electrons. The van der Waals surface area contributed by atoms with Gasteiger partial charge in [0.05, 0.1) is 22.5 Å². The lowest BCUT2D eigenvalue weighted by Gasteiger charge is -2.16. The van der Waals surface area contributed by atoms with Crippen LogP contribution in [-0.2, 0) is 6.42 Å². The Hall–Kier alpha value is -2.15. The van der Waals surface area contributed by atoms with Crippen molar-refractivity contribution in [3.05, 3.63) is 56.2 Å². The number of hydrogen-bond donors (Lipinski definition) is 1. The average molecular weight is 364 g/mol. The number of benzene rings is 1. The first-order valence-electron chi connectivity index (χ1n) is 6.82. The van der Waals surface area contributed by atoms with E-state index in [1.165, 1.54) is 23.4 Å². The molecule has 7 heteroatoms. The summed E-state index contributed by atoms with van der Waals surface area (Å²) in [6, 6.07) is 7.57. The number of nitro groups is 1. The van der Waals surface area contributed by atoms with Gasteiger partial charge in [0.15, 0.2) is 0 Å². The first kappa shape index (κ1) is 14.8. The minimum Gasteiger partial charge on any atom is -0.496 e. The molecule has 22 heavy (non-hydrogen) atoms. The molecule has 0 bridgehead atoms. The molecule has 2 aromatic rings. The molecule has 0 fully saturated rings. The Balaban J connectivity index is 1.86. The van der Waals surface area contributed by atoms with Gasteiger partial charge >= 0.3 is 0 Å². The van der Waals surface area contributed by atoms with Gasteiger partial charge in [-0.2, -0.15) is 0 Å². The first-order valence-corrected chi connectivity index (χ1v) is 7.61. The van der Waals surface area contributed by atoms with Crippen LogP contribution in [0.3, 0.4) is 0 Å². The Labute approximate surface area is 135 Å². The predicted molar refractivity (Wildman–Crippen MR) is 86.3 cm³/mol. The maximum absolute atomic E-state index is 10.8. The maximum atomic E-state index is 10.8. The summed E-state index contributed by atoms with van der Waals surface area (Å²) in [6.07, 6.45) is 3.12. The van der Waals surface area contributed by atoms with Gasteiger partial charge in [-0.05, 0) is 46.0 Å². The Bertz CT molecular complexity index is 736. The van der Waals surface area contributed by atoms with Crippen LogP contribution in [0.25, 0.3) is 0 Å². The number of anilines is 1. The van der Waals surface area contributed by atoms with Crippen molar-refractivity contribution in [2.24, 2.45) is 0 Å². The van der Waals surface area contributed by atoms with Crippen molar-refractivity contribution >= 4 is 27.4 Å². The number of rotatable bonds is 4. The minimum atomic E-state index is -0.461. The second kappa shape index (κ2) is 5.92. The molecule has 1 heterocycles. The summed E-state index contributed by atoms with van der Waals surface area (Å²) in [5.41, 5.74) is 2.36. The van der Waals surface area contributed by atoms with Crippen LogP contribution in [0.5, 0.6) is 5.75 Å². The van der Waals surface area contributed by atoms with E-state index in [4.69, 9.17) is 4.74 Å². The fraction of sp³-hybridized carbons (Fsp3) is 0.267. The third-order valence-corrected chi connectivity index (χ3v) is 4.40. The lowest BCUT2D eigenvalue weighted by atomic mass is 10.1. The molecule has 1 aliphatic rings. The molecule has 0 aliphatic heterocycles. The Morgan fingerprint density at radius 3 is 3.00 bits per heavy atom. The summed E-state index contributed by atoms with van der Waals surface area (Å²) in [6.45, 7) is 0. The van der Waals surface area contributed by atoms with Crippen LogP contribution in [-0.4, -0.2) is 17.0 Å². The van der Waals surface area contributed by atoms with E-state index in [-0.39, 0.29) is 11.7 Å². The average Bonchev–Trinajstić information content (AvgIpc) is 2.92. The largest absolute Gasteiger partial charge is 0.496 e. The monoisotopic (exact) mass is 363 g/mol. The minimum absolute atomic E-state index is 0.0362. The number of halogens is 1. The molecule has 0 amide bonds. The van der Waals surface area contributed by atoms with E-state index >= 15 is 0 Å². The van der Waals surface area contributed by atoms with E-state index in [9.17, 15) is 10.1 Å². The van der Waals surface area contributed by atoms with Gasteiger partial charge in [-0.25, -0.2) is 4.98 Å². The van der Waals surface area contributed by atoms with Crippen LogP contribution >= 0.6 is 15.9 Å². The van der Waals surface area contributed by atoms with Crippen molar-refractivity contribution in [3.8, 4) is 5.75 Å². The Morgan fingerprint density at radius 1 is 1.50 bits per heavy atom. The highest BCUT2D eigenvalue weighted by atomic mass is 79.9. The van der Waals surface area contributed by atoms with Gasteiger partial charge in [-0.3, -0.25) is 10.1 Å². The van der Waals surface area contributed by atoms with E-state index in [0.29, 0.717) is 10.3 Å². The number of aromatic nitrogens is 1. The van der Waals surface area contributed by atoms with Gasteiger partial charge in [-0.1, -0.05) is 12.1 Å². The van der Waals surface area contributed by atoms with Crippen LogP contribution in [0.2, 0.25) is 0 Å². The Kier molecular flexibility index (Phi) is 3.98. The molecule has 1 aliphatic carbocycles. The van der Waals surface area contributed by atoms with Gasteiger partial charge in [0.25, 0.3) is 5.69 Å². The Morgan fingerprint density at radius 2 is 2.32 bits per heavy atom. The quantitative estimate of drug-likeness (QED) is 0.659. The van der Waals surface area contributed by atoms with Crippen LogP contribution in [0.15, 0.2) is 34.9 Å². The van der Waals surface area contributed by atoms with Crippen molar-refractivity contribution < 1.29 is 9.66 Å². The van der Waals surface area contributed by atoms with Gasteiger partial charge < -0.3 is 10.1 Å². The molecule has 0 radical (unpaired) electrons. The summed E-state index contributed by atoms with van der Waals surface area (Å²) in [5.74, 6) is 1.50. The molecule has 0 saturated carbocycles. The number of hydrogen-bond acceptors (Lipinski definition) is 5. The zero-order valence-corrected chi connectivity index (χ0v) is 13.5. The zero-order valence-electron chi connectivity index (χ0n) is 11.9. The second-order valence-corrected chi connectivity index (χ2v) is 5.90. The highest BCUT2D eigenvalue weighted by molar-refractivity contribution is 9.10. The molecule has 1 aromatic heterocycles. The van der Waals surface area contributed by atoms with Crippen LogP contribution in [0.4, 0.5) is 11.5 Å². The molecular weight excluding hydrogens is 350 g/mol. The maximum Gasteiger partial charge on any atom is 0.288 e. The number of fused-ring (bicyclic) bond motifs is 1. The molecule has 1 N–H and O–H groups in total. The van der Waals surface area contributed by atoms with E-state index < -0.39 is 4.92 Å². The third kappa shape index (κ3) is 2.64. The summed E-state index contributed by atoms with van der Waals surface area (Å²) in [7, 11) is 1.67. The number of methoxy groups -OCH3 is 1. The van der Waals surface area contributed by atoms with Crippen LogP contribution in [0, 0.1) is 10.1 Å². The lowest BCUT2D eigenvalue weighted by molar-refractivity contribution is -0.385. The van der Waals surface area contributed by atoms with Gasteiger partial charge in [-0.15, -0.1) is 0 Å². The topological polar surface area (TPSA) is 77.3 Å². The smallest absolute Gasteiger partial charge is 0.288 e. The summed E-state index contributed by atoms with van der Waals surface area (Å²) in [5, 5.41) is 14.1. The van der Waals surface area contributed by atoms with Gasteiger partial charge in [0.1, 0.15) is 17.8 Å². The third-order valence-electron chi connectivity index (χ3n) is 3.80. The van der Waals surface area contributed by atoms with Crippen LogP contribution in [0.1, 0.15) is 23.6 Å². The molecule has 1 unspecified atom stereocenters. The van der Waals surface area contributed by atoms with Crippen LogP contribution < -0.4 is 10.1 Å². The van der Waals surface area contributed by atoms with E-state index in [1.54, 1.807) is 7.11 Å². The fourth-order valence-corrected chi connectivity index (χ4v) is 3.21. The molecule has 3 rings (SSSR count). The standard InChI is InChI=1S/C15H14BrN3O3/c1-22-14-4-2-3-10-11(14)5-6-13(10)18-15-12(16)7-9(8-17-15)19(20)21/h2-4,7-8,13H,5-6H2,1H3,(H,17,18). The normalized spacial score (nSPS) is 16.2. The first-order chi connectivity index (χ1) is 10.6. The van der Waals surface area contributed by atoms with Gasteiger partial charge in [0, 0.05) is 6.07 Å². The zero-order chi connectivity index (χ0) is 15.7. The van der Waals surface area contributed by atoms with E-state index in [1.807, 2.05) is 12.1 Å². The molecule has 1 aromatic carbocycles. The predicted octanol–water partition coefficient (Wildman–Crippen LogP) is 3.86. The number of nitrogens with one attached hydrogen (secondary N) is 1. The summed E-state index contributed by atoms with van der Waals surface area (Å²) >= 11 is 3.34. The highest BCUT2D eigenvalue weighted by Gasteiger charge is 2.26. The molecular formula is C15H14BrN3O3. The van der Waals surface area contributed by atoms with Crippen molar-refractivity contribution in [1.82, 2.24) is 4.98 Å². The molecule has 6 nitrogen and oxygen atoms in total. The van der Waals surface area contributed by atoms with Crippen molar-refractivity contribution in [2.75, 3.05) is 12.4 Å².